The van der Waals surface area contributed by atoms with Gasteiger partial charge in [0.2, 0.25) is 0 Å². The van der Waals surface area contributed by atoms with E-state index in [1.807, 2.05) is 12.1 Å². The molecule has 0 saturated carbocycles. The summed E-state index contributed by atoms with van der Waals surface area (Å²) < 4.78 is 8.72. The van der Waals surface area contributed by atoms with E-state index in [0.29, 0.717) is 0 Å². The van der Waals surface area contributed by atoms with Crippen molar-refractivity contribution in [3.63, 3.8) is 0 Å². The molecular weight excluding hydrogens is 609 g/mol. The predicted octanol–water partition coefficient (Wildman–Crippen LogP) is 12.9. The van der Waals surface area contributed by atoms with Crippen molar-refractivity contribution in [2.45, 2.75) is 0 Å². The quantitative estimate of drug-likeness (QED) is 0.181. The summed E-state index contributed by atoms with van der Waals surface area (Å²) in [6.45, 7) is 0. The van der Waals surface area contributed by atoms with Crippen molar-refractivity contribution in [2.75, 3.05) is 0 Å². The Balaban J connectivity index is 1.17. The molecule has 2 aromatic heterocycles. The van der Waals surface area contributed by atoms with Gasteiger partial charge in [-0.15, -0.1) is 0 Å². The number of hydrogen-bond donors (Lipinski definition) is 0. The molecule has 0 amide bonds. The zero-order valence-electron chi connectivity index (χ0n) is 27.0. The molecule has 0 bridgehead atoms. The summed E-state index contributed by atoms with van der Waals surface area (Å²) >= 11 is 0. The van der Waals surface area contributed by atoms with E-state index in [1.54, 1.807) is 0 Å². The van der Waals surface area contributed by atoms with Gasteiger partial charge < -0.3 is 4.42 Å². The topological polar surface area (TPSA) is 31.0 Å². The molecule has 0 aliphatic heterocycles. The van der Waals surface area contributed by atoms with Crippen LogP contribution in [0, 0.1) is 0 Å². The summed E-state index contributed by atoms with van der Waals surface area (Å²) in [6, 6.07) is 60.8. The van der Waals surface area contributed by atoms with Gasteiger partial charge in [-0.3, -0.25) is 4.57 Å². The maximum absolute atomic E-state index is 6.46. The molecule has 0 radical (unpaired) electrons. The molecule has 0 fully saturated rings. The van der Waals surface area contributed by atoms with Crippen LogP contribution in [0.15, 0.2) is 174 Å². The van der Waals surface area contributed by atoms with E-state index in [-0.39, 0.29) is 0 Å². The van der Waals surface area contributed by atoms with Crippen molar-refractivity contribution in [2.24, 2.45) is 0 Å². The number of hydrogen-bond acceptors (Lipinski definition) is 2. The van der Waals surface area contributed by atoms with Crippen LogP contribution < -0.4 is 0 Å². The number of para-hydroxylation sites is 2. The van der Waals surface area contributed by atoms with Gasteiger partial charge in [-0.2, -0.15) is 0 Å². The smallest absolute Gasteiger partial charge is 0.145 e. The standard InChI is InChI=1S/C47H28N2O/c1-2-12-29(13-3-1)47-48-42-20-10-11-21-43(42)49(47)31-23-25-45-40(27-31)39-26-30(22-24-44(39)50-45)38-28-41-34-16-5-4-14-32(34)33-15-6-8-18-36(33)46(41)37-19-9-7-17-35(37)38/h1-28H. The van der Waals surface area contributed by atoms with E-state index in [2.05, 4.69) is 162 Å². The van der Waals surface area contributed by atoms with Crippen LogP contribution in [0.4, 0.5) is 0 Å². The summed E-state index contributed by atoms with van der Waals surface area (Å²) in [5.41, 5.74) is 8.29. The van der Waals surface area contributed by atoms with Crippen LogP contribution in [0.25, 0.3) is 104 Å². The minimum Gasteiger partial charge on any atom is -0.456 e. The first-order valence-corrected chi connectivity index (χ1v) is 17.0. The van der Waals surface area contributed by atoms with E-state index in [4.69, 9.17) is 9.40 Å². The molecule has 2 heterocycles. The van der Waals surface area contributed by atoms with Crippen molar-refractivity contribution >= 4 is 76.1 Å². The summed E-state index contributed by atoms with van der Waals surface area (Å²) in [5, 5.41) is 12.4. The molecule has 9 aromatic carbocycles. The summed E-state index contributed by atoms with van der Waals surface area (Å²) in [4.78, 5) is 5.08. The fourth-order valence-corrected chi connectivity index (χ4v) is 8.15. The summed E-state index contributed by atoms with van der Waals surface area (Å²) in [6.07, 6.45) is 0. The number of furan rings is 1. The van der Waals surface area contributed by atoms with Gasteiger partial charge in [0.15, 0.2) is 0 Å². The third kappa shape index (κ3) is 3.89. The first kappa shape index (κ1) is 27.3. The van der Waals surface area contributed by atoms with Crippen molar-refractivity contribution < 1.29 is 4.42 Å². The van der Waals surface area contributed by atoms with E-state index in [9.17, 15) is 0 Å². The average Bonchev–Trinajstić information content (AvgIpc) is 3.76. The Morgan fingerprint density at radius 3 is 1.76 bits per heavy atom. The molecule has 11 aromatic rings. The monoisotopic (exact) mass is 636 g/mol. The van der Waals surface area contributed by atoms with Crippen molar-refractivity contribution in [3.8, 4) is 28.2 Å². The van der Waals surface area contributed by atoms with E-state index in [1.165, 1.54) is 54.2 Å². The van der Waals surface area contributed by atoms with Crippen LogP contribution >= 0.6 is 0 Å². The lowest BCUT2D eigenvalue weighted by atomic mass is 9.87. The third-order valence-electron chi connectivity index (χ3n) is 10.4. The molecule has 3 nitrogen and oxygen atoms in total. The lowest BCUT2D eigenvalue weighted by Crippen LogP contribution is -1.97. The highest BCUT2D eigenvalue weighted by atomic mass is 16.3. The number of imidazole rings is 1. The molecule has 0 unspecified atom stereocenters. The fraction of sp³-hybridized carbons (Fsp3) is 0. The highest BCUT2D eigenvalue weighted by Gasteiger charge is 2.18. The molecule has 3 heteroatoms. The second-order valence-electron chi connectivity index (χ2n) is 13.1. The largest absolute Gasteiger partial charge is 0.456 e. The number of benzene rings is 9. The van der Waals surface area contributed by atoms with Crippen LogP contribution in [-0.2, 0) is 0 Å². The highest BCUT2D eigenvalue weighted by Crippen LogP contribution is 2.44. The molecule has 0 atom stereocenters. The van der Waals surface area contributed by atoms with Crippen molar-refractivity contribution in [1.82, 2.24) is 9.55 Å². The average molecular weight is 637 g/mol. The second kappa shape index (κ2) is 10.4. The normalized spacial score (nSPS) is 12.0. The van der Waals surface area contributed by atoms with Gasteiger partial charge in [-0.05, 0) is 103 Å². The van der Waals surface area contributed by atoms with Gasteiger partial charge >= 0.3 is 0 Å². The Morgan fingerprint density at radius 2 is 0.980 bits per heavy atom. The predicted molar refractivity (Wildman–Crippen MR) is 209 cm³/mol. The Kier molecular flexibility index (Phi) is 5.67. The van der Waals surface area contributed by atoms with Crippen LogP contribution in [0.3, 0.4) is 0 Å². The molecule has 50 heavy (non-hydrogen) atoms. The summed E-state index contributed by atoms with van der Waals surface area (Å²) in [7, 11) is 0. The molecule has 11 rings (SSSR count). The number of nitrogens with zero attached hydrogens (tertiary/aromatic N) is 2. The zero-order chi connectivity index (χ0) is 32.8. The minimum absolute atomic E-state index is 0.868. The number of rotatable bonds is 3. The van der Waals surface area contributed by atoms with Crippen LogP contribution in [0.2, 0.25) is 0 Å². The van der Waals surface area contributed by atoms with Gasteiger partial charge in [0.25, 0.3) is 0 Å². The lowest BCUT2D eigenvalue weighted by Gasteiger charge is -2.16. The van der Waals surface area contributed by atoms with Gasteiger partial charge in [-0.1, -0.05) is 121 Å². The number of fused-ring (bicyclic) bond motifs is 12. The maximum Gasteiger partial charge on any atom is 0.145 e. The second-order valence-corrected chi connectivity index (χ2v) is 13.1. The Morgan fingerprint density at radius 1 is 0.400 bits per heavy atom. The summed E-state index contributed by atoms with van der Waals surface area (Å²) in [5.74, 6) is 0.919. The highest BCUT2D eigenvalue weighted by molar-refractivity contribution is 6.33. The van der Waals surface area contributed by atoms with Gasteiger partial charge in [0.05, 0.1) is 11.0 Å². The molecule has 0 aliphatic carbocycles. The molecule has 232 valence electrons. The van der Waals surface area contributed by atoms with Gasteiger partial charge in [0, 0.05) is 22.0 Å². The first-order valence-electron chi connectivity index (χ1n) is 17.0. The van der Waals surface area contributed by atoms with Gasteiger partial charge in [-0.25, -0.2) is 4.98 Å². The van der Waals surface area contributed by atoms with E-state index >= 15 is 0 Å². The zero-order valence-corrected chi connectivity index (χ0v) is 27.0. The molecule has 0 spiro atoms. The SMILES string of the molecule is c1ccc(-c2nc3ccccc3n2-c2ccc3oc4ccc(-c5cc6c7ccccc7c7ccccc7c6c6ccccc56)cc4c3c2)cc1. The Hall–Kier alpha value is -6.71. The van der Waals surface area contributed by atoms with Crippen molar-refractivity contribution in [1.29, 1.82) is 0 Å². The number of aromatic nitrogens is 2. The van der Waals surface area contributed by atoms with Crippen LogP contribution in [0.5, 0.6) is 0 Å². The van der Waals surface area contributed by atoms with E-state index < -0.39 is 0 Å². The van der Waals surface area contributed by atoms with E-state index in [0.717, 1.165) is 50.0 Å². The molecule has 0 aliphatic rings. The van der Waals surface area contributed by atoms with Crippen molar-refractivity contribution in [3.05, 3.63) is 170 Å². The third-order valence-corrected chi connectivity index (χ3v) is 10.4. The minimum atomic E-state index is 0.868. The maximum atomic E-state index is 6.46. The van der Waals surface area contributed by atoms with Gasteiger partial charge in [0.1, 0.15) is 17.0 Å². The molecular formula is C47H28N2O. The molecule has 0 saturated heterocycles. The lowest BCUT2D eigenvalue weighted by molar-refractivity contribution is 0.669. The van der Waals surface area contributed by atoms with Crippen LogP contribution in [0.1, 0.15) is 0 Å². The Bertz CT molecular complexity index is 3150. The van der Waals surface area contributed by atoms with Crippen LogP contribution in [-0.4, -0.2) is 9.55 Å². The first-order chi connectivity index (χ1) is 24.8. The fourth-order valence-electron chi connectivity index (χ4n) is 8.15. The Labute approximate surface area is 287 Å². The molecule has 0 N–H and O–H groups in total.